The lowest BCUT2D eigenvalue weighted by molar-refractivity contribution is 0.0699. The Morgan fingerprint density at radius 2 is 2.30 bits per heavy atom. The molecule has 20 heavy (non-hydrogen) atoms. The lowest BCUT2D eigenvalue weighted by atomic mass is 10.1. The quantitative estimate of drug-likeness (QED) is 0.927. The first-order valence-electron chi connectivity index (χ1n) is 6.59. The Kier molecular flexibility index (Phi) is 3.28. The van der Waals surface area contributed by atoms with Gasteiger partial charge in [0.15, 0.2) is 0 Å². The summed E-state index contributed by atoms with van der Waals surface area (Å²) in [5, 5.41) is 9.94. The number of carboxylic acids is 1. The molecular weight excluding hydrogens is 256 g/mol. The van der Waals surface area contributed by atoms with Crippen LogP contribution >= 0.6 is 0 Å². The third-order valence-electron chi connectivity index (χ3n) is 3.80. The number of aromatic carboxylic acids is 1. The van der Waals surface area contributed by atoms with Gasteiger partial charge in [-0.25, -0.2) is 4.79 Å². The highest BCUT2D eigenvalue weighted by Crippen LogP contribution is 2.27. The van der Waals surface area contributed by atoms with E-state index in [4.69, 9.17) is 4.74 Å². The molecule has 5 nitrogen and oxygen atoms in total. The number of carboxylic acid groups (broad SMARTS) is 1. The Morgan fingerprint density at radius 1 is 1.45 bits per heavy atom. The molecular formula is C15H16N2O3. The summed E-state index contributed by atoms with van der Waals surface area (Å²) in [4.78, 5) is 17.7. The zero-order valence-corrected chi connectivity index (χ0v) is 11.2. The monoisotopic (exact) mass is 272 g/mol. The standard InChI is InChI=1S/C15H16N2O3/c1-20-11-5-7-17(9-11)10-2-3-14-13(8-10)12(15(18)19)4-6-16-14/h2-4,6,8,11H,5,7,9H2,1H3,(H,18,19)/t11-/m1/s1. The van der Waals surface area contributed by atoms with E-state index in [0.29, 0.717) is 16.5 Å². The molecule has 1 N–H and O–H groups in total. The maximum Gasteiger partial charge on any atom is 0.336 e. The third kappa shape index (κ3) is 2.20. The van der Waals surface area contributed by atoms with Gasteiger partial charge in [-0.1, -0.05) is 0 Å². The predicted molar refractivity (Wildman–Crippen MR) is 76.3 cm³/mol. The number of fused-ring (bicyclic) bond motifs is 1. The second-order valence-corrected chi connectivity index (χ2v) is 4.96. The van der Waals surface area contributed by atoms with Gasteiger partial charge in [0.25, 0.3) is 0 Å². The van der Waals surface area contributed by atoms with Crippen LogP contribution in [0.5, 0.6) is 0 Å². The molecule has 5 heteroatoms. The average molecular weight is 272 g/mol. The van der Waals surface area contributed by atoms with Gasteiger partial charge in [-0.2, -0.15) is 0 Å². The van der Waals surface area contributed by atoms with Crippen molar-refractivity contribution in [2.75, 3.05) is 25.1 Å². The molecule has 0 unspecified atom stereocenters. The van der Waals surface area contributed by atoms with Gasteiger partial charge < -0.3 is 14.7 Å². The maximum absolute atomic E-state index is 11.3. The van der Waals surface area contributed by atoms with Gasteiger partial charge in [-0.05, 0) is 30.7 Å². The van der Waals surface area contributed by atoms with E-state index in [9.17, 15) is 9.90 Å². The number of aromatic nitrogens is 1. The molecule has 0 saturated carbocycles. The second-order valence-electron chi connectivity index (χ2n) is 4.96. The molecule has 1 aliphatic rings. The number of pyridine rings is 1. The third-order valence-corrected chi connectivity index (χ3v) is 3.80. The summed E-state index contributed by atoms with van der Waals surface area (Å²) in [5.74, 6) is -0.925. The lowest BCUT2D eigenvalue weighted by Gasteiger charge is -2.19. The highest BCUT2D eigenvalue weighted by molar-refractivity contribution is 6.03. The first kappa shape index (κ1) is 12.9. The van der Waals surface area contributed by atoms with Crippen molar-refractivity contribution >= 4 is 22.6 Å². The second kappa shape index (κ2) is 5.09. The van der Waals surface area contributed by atoms with Crippen LogP contribution < -0.4 is 4.90 Å². The van der Waals surface area contributed by atoms with Crippen LogP contribution in [0.1, 0.15) is 16.8 Å². The molecule has 104 valence electrons. The fourth-order valence-corrected chi connectivity index (χ4v) is 2.67. The van der Waals surface area contributed by atoms with Crippen molar-refractivity contribution in [3.63, 3.8) is 0 Å². The van der Waals surface area contributed by atoms with Crippen molar-refractivity contribution in [3.8, 4) is 0 Å². The van der Waals surface area contributed by atoms with Crippen LogP contribution in [0, 0.1) is 0 Å². The number of ether oxygens (including phenoxy) is 1. The van der Waals surface area contributed by atoms with E-state index in [1.165, 1.54) is 12.3 Å². The predicted octanol–water partition coefficient (Wildman–Crippen LogP) is 2.16. The summed E-state index contributed by atoms with van der Waals surface area (Å²) in [6, 6.07) is 7.30. The van der Waals surface area contributed by atoms with Gasteiger partial charge >= 0.3 is 5.97 Å². The van der Waals surface area contributed by atoms with Crippen LogP contribution in [0.2, 0.25) is 0 Å². The summed E-state index contributed by atoms with van der Waals surface area (Å²) in [6.07, 6.45) is 2.77. The molecule has 1 aromatic heterocycles. The minimum atomic E-state index is -0.925. The molecule has 1 aliphatic heterocycles. The number of methoxy groups -OCH3 is 1. The van der Waals surface area contributed by atoms with E-state index in [1.54, 1.807) is 7.11 Å². The molecule has 2 heterocycles. The van der Waals surface area contributed by atoms with Crippen molar-refractivity contribution in [1.29, 1.82) is 0 Å². The summed E-state index contributed by atoms with van der Waals surface area (Å²) in [6.45, 7) is 1.76. The van der Waals surface area contributed by atoms with Crippen molar-refractivity contribution in [2.45, 2.75) is 12.5 Å². The van der Waals surface area contributed by atoms with E-state index in [0.717, 1.165) is 25.2 Å². The normalized spacial score (nSPS) is 18.6. The highest BCUT2D eigenvalue weighted by Gasteiger charge is 2.22. The molecule has 1 aromatic carbocycles. The first-order chi connectivity index (χ1) is 9.69. The molecule has 1 atom stereocenters. The Bertz CT molecular complexity index is 657. The topological polar surface area (TPSA) is 62.7 Å². The summed E-state index contributed by atoms with van der Waals surface area (Å²) < 4.78 is 5.36. The molecule has 3 rings (SSSR count). The molecule has 0 amide bonds. The van der Waals surface area contributed by atoms with E-state index >= 15 is 0 Å². The Balaban J connectivity index is 2.02. The number of nitrogens with zero attached hydrogens (tertiary/aromatic N) is 2. The summed E-state index contributed by atoms with van der Waals surface area (Å²) in [7, 11) is 1.72. The zero-order chi connectivity index (χ0) is 14.1. The largest absolute Gasteiger partial charge is 0.478 e. The lowest BCUT2D eigenvalue weighted by Crippen LogP contribution is -2.22. The summed E-state index contributed by atoms with van der Waals surface area (Å²) in [5.41, 5.74) is 2.02. The first-order valence-corrected chi connectivity index (χ1v) is 6.59. The van der Waals surface area contributed by atoms with Crippen molar-refractivity contribution in [3.05, 3.63) is 36.0 Å². The van der Waals surface area contributed by atoms with Crippen LogP contribution in [-0.2, 0) is 4.74 Å². The minimum Gasteiger partial charge on any atom is -0.478 e. The number of carbonyl (C=O) groups is 1. The van der Waals surface area contributed by atoms with Gasteiger partial charge in [0.2, 0.25) is 0 Å². The molecule has 0 aliphatic carbocycles. The summed E-state index contributed by atoms with van der Waals surface area (Å²) >= 11 is 0. The SMILES string of the molecule is CO[C@@H]1CCN(c2ccc3nccc(C(=O)O)c3c2)C1. The average Bonchev–Trinajstić information content (AvgIpc) is 2.94. The van der Waals surface area contributed by atoms with Crippen molar-refractivity contribution < 1.29 is 14.6 Å². The van der Waals surface area contributed by atoms with E-state index in [-0.39, 0.29) is 6.10 Å². The zero-order valence-electron chi connectivity index (χ0n) is 11.2. The minimum absolute atomic E-state index is 0.249. The fraction of sp³-hybridized carbons (Fsp3) is 0.333. The Morgan fingerprint density at radius 3 is 3.00 bits per heavy atom. The van der Waals surface area contributed by atoms with Gasteiger partial charge in [0.05, 0.1) is 17.2 Å². The van der Waals surface area contributed by atoms with Crippen LogP contribution in [0.25, 0.3) is 10.9 Å². The van der Waals surface area contributed by atoms with Crippen LogP contribution in [0.15, 0.2) is 30.5 Å². The van der Waals surface area contributed by atoms with Gasteiger partial charge in [-0.15, -0.1) is 0 Å². The van der Waals surface area contributed by atoms with E-state index in [2.05, 4.69) is 9.88 Å². The maximum atomic E-state index is 11.3. The number of hydrogen-bond acceptors (Lipinski definition) is 4. The fourth-order valence-electron chi connectivity index (χ4n) is 2.67. The van der Waals surface area contributed by atoms with Crippen molar-refractivity contribution in [2.24, 2.45) is 0 Å². The molecule has 2 aromatic rings. The molecule has 1 saturated heterocycles. The number of anilines is 1. The smallest absolute Gasteiger partial charge is 0.336 e. The Hall–Kier alpha value is -2.14. The van der Waals surface area contributed by atoms with E-state index in [1.807, 2.05) is 18.2 Å². The Labute approximate surface area is 116 Å². The van der Waals surface area contributed by atoms with Crippen molar-refractivity contribution in [1.82, 2.24) is 4.98 Å². The van der Waals surface area contributed by atoms with Crippen LogP contribution in [0.3, 0.4) is 0 Å². The number of hydrogen-bond donors (Lipinski definition) is 1. The van der Waals surface area contributed by atoms with Gasteiger partial charge in [0.1, 0.15) is 0 Å². The molecule has 0 bridgehead atoms. The van der Waals surface area contributed by atoms with Gasteiger partial charge in [0, 0.05) is 37.5 Å². The molecule has 0 radical (unpaired) electrons. The van der Waals surface area contributed by atoms with Crippen LogP contribution in [-0.4, -0.2) is 42.4 Å². The van der Waals surface area contributed by atoms with Crippen LogP contribution in [0.4, 0.5) is 5.69 Å². The number of benzene rings is 1. The highest BCUT2D eigenvalue weighted by atomic mass is 16.5. The molecule has 1 fully saturated rings. The molecule has 0 spiro atoms. The van der Waals surface area contributed by atoms with Gasteiger partial charge in [-0.3, -0.25) is 4.98 Å². The van der Waals surface area contributed by atoms with E-state index < -0.39 is 5.97 Å². The number of rotatable bonds is 3.